The van der Waals surface area contributed by atoms with Gasteiger partial charge in [-0.15, -0.1) is 0 Å². The Kier molecular flexibility index (Phi) is 17.9. The minimum absolute atomic E-state index is 0.604. The molecule has 6 nitrogen and oxygen atoms in total. The molecule has 8 heteroatoms. The predicted octanol–water partition coefficient (Wildman–Crippen LogP) is 2.08. The summed E-state index contributed by atoms with van der Waals surface area (Å²) in [6.45, 7) is 4.53. The van der Waals surface area contributed by atoms with E-state index < -0.39 is 20.2 Å². The van der Waals surface area contributed by atoms with Crippen molar-refractivity contribution in [1.29, 1.82) is 0 Å². The van der Waals surface area contributed by atoms with Gasteiger partial charge in [-0.25, -0.2) is 16.8 Å². The van der Waals surface area contributed by atoms with Crippen LogP contribution in [0.25, 0.3) is 0 Å². The van der Waals surface area contributed by atoms with Crippen molar-refractivity contribution in [1.82, 2.24) is 0 Å². The molecule has 0 fully saturated rings. The Bertz CT molecular complexity index is 307. The molecule has 0 heterocycles. The zero-order chi connectivity index (χ0) is 15.9. The smallest absolute Gasteiger partial charge is 0.0916 e. The molecular weight excluding hydrogens is 292 g/mol. The van der Waals surface area contributed by atoms with Crippen LogP contribution in [0.15, 0.2) is 0 Å². The summed E-state index contributed by atoms with van der Waals surface area (Å²) < 4.78 is 54.5. The van der Waals surface area contributed by atoms with Crippen molar-refractivity contribution in [3.8, 4) is 0 Å². The molecule has 0 aromatic heterocycles. The standard InChI is InChI=1S/C9H20.2CH4O3S/c1-3-5-7-9-8-6-4-2;2*1-5(2,3)4/h3-9H2,1-2H3;2*1H3,(H,2,3,4)/p-2. The van der Waals surface area contributed by atoms with Crippen molar-refractivity contribution in [3.63, 3.8) is 0 Å². The van der Waals surface area contributed by atoms with Crippen LogP contribution >= 0.6 is 0 Å². The quantitative estimate of drug-likeness (QED) is 0.547. The van der Waals surface area contributed by atoms with Gasteiger partial charge in [-0.1, -0.05) is 58.8 Å². The monoisotopic (exact) mass is 318 g/mol. The zero-order valence-corrected chi connectivity index (χ0v) is 13.8. The van der Waals surface area contributed by atoms with Crippen molar-refractivity contribution in [2.24, 2.45) is 0 Å². The Labute approximate surface area is 118 Å². The SMILES string of the molecule is CCCCCCCCC.CS(=O)(=O)[O-].CS(=O)(=O)[O-]. The fourth-order valence-corrected chi connectivity index (χ4v) is 1.03. The molecule has 0 spiro atoms. The van der Waals surface area contributed by atoms with Crippen LogP contribution in [-0.2, 0) is 20.2 Å². The average molecular weight is 318 g/mol. The molecule has 19 heavy (non-hydrogen) atoms. The lowest BCUT2D eigenvalue weighted by Crippen LogP contribution is -1.88. The lowest BCUT2D eigenvalue weighted by atomic mass is 10.1. The summed E-state index contributed by atoms with van der Waals surface area (Å²) in [6.07, 6.45) is 11.2. The van der Waals surface area contributed by atoms with Crippen molar-refractivity contribution in [3.05, 3.63) is 0 Å². The fraction of sp³-hybridized carbons (Fsp3) is 1.00. The van der Waals surface area contributed by atoms with Crippen LogP contribution < -0.4 is 0 Å². The fourth-order valence-electron chi connectivity index (χ4n) is 1.03. The van der Waals surface area contributed by atoms with E-state index in [2.05, 4.69) is 13.8 Å². The zero-order valence-electron chi connectivity index (χ0n) is 12.2. The average Bonchev–Trinajstić information content (AvgIpc) is 2.12. The van der Waals surface area contributed by atoms with Gasteiger partial charge in [0.05, 0.1) is 20.2 Å². The van der Waals surface area contributed by atoms with Crippen molar-refractivity contribution in [2.45, 2.75) is 58.8 Å². The lowest BCUT2D eigenvalue weighted by molar-refractivity contribution is 0.468. The van der Waals surface area contributed by atoms with E-state index in [0.29, 0.717) is 12.5 Å². The van der Waals surface area contributed by atoms with Crippen LogP contribution in [0.3, 0.4) is 0 Å². The van der Waals surface area contributed by atoms with Crippen molar-refractivity contribution < 1.29 is 25.9 Å². The first kappa shape index (κ1) is 23.9. The minimum atomic E-state index is -3.92. The molecule has 0 saturated heterocycles. The molecular formula is C11H26O6S2-2. The van der Waals surface area contributed by atoms with Crippen LogP contribution in [0.1, 0.15) is 58.8 Å². The highest BCUT2D eigenvalue weighted by molar-refractivity contribution is 7.85. The molecule has 0 aliphatic carbocycles. The first-order valence-corrected chi connectivity index (χ1v) is 9.86. The normalized spacial score (nSPS) is 10.8. The first-order valence-electron chi connectivity index (χ1n) is 6.23. The van der Waals surface area contributed by atoms with Crippen molar-refractivity contribution in [2.75, 3.05) is 12.5 Å². The predicted molar refractivity (Wildman–Crippen MR) is 74.9 cm³/mol. The van der Waals surface area contributed by atoms with Crippen LogP contribution in [-0.4, -0.2) is 38.5 Å². The van der Waals surface area contributed by atoms with E-state index in [0.717, 1.165) is 0 Å². The second kappa shape index (κ2) is 14.2. The second-order valence-corrected chi connectivity index (χ2v) is 6.99. The largest absolute Gasteiger partial charge is 0.748 e. The van der Waals surface area contributed by atoms with Gasteiger partial charge in [0.1, 0.15) is 0 Å². The summed E-state index contributed by atoms with van der Waals surface area (Å²) in [5.41, 5.74) is 0. The van der Waals surface area contributed by atoms with Gasteiger partial charge in [-0.2, -0.15) is 0 Å². The van der Waals surface area contributed by atoms with E-state index in [4.69, 9.17) is 25.9 Å². The minimum Gasteiger partial charge on any atom is -0.748 e. The van der Waals surface area contributed by atoms with Crippen LogP contribution in [0, 0.1) is 0 Å². The molecule has 0 aromatic carbocycles. The van der Waals surface area contributed by atoms with Gasteiger partial charge < -0.3 is 9.11 Å². The van der Waals surface area contributed by atoms with Crippen molar-refractivity contribution >= 4 is 20.2 Å². The highest BCUT2D eigenvalue weighted by Gasteiger charge is 1.85. The van der Waals surface area contributed by atoms with Gasteiger partial charge in [0.25, 0.3) is 0 Å². The van der Waals surface area contributed by atoms with Crippen LogP contribution in [0.2, 0.25) is 0 Å². The molecule has 120 valence electrons. The molecule has 0 aliphatic rings. The highest BCUT2D eigenvalue weighted by Crippen LogP contribution is 2.05. The van der Waals surface area contributed by atoms with Gasteiger partial charge in [0.2, 0.25) is 0 Å². The molecule has 0 atom stereocenters. The van der Waals surface area contributed by atoms with E-state index in [1.165, 1.54) is 44.9 Å². The van der Waals surface area contributed by atoms with Gasteiger partial charge in [0.15, 0.2) is 0 Å². The lowest BCUT2D eigenvalue weighted by Gasteiger charge is -1.96. The van der Waals surface area contributed by atoms with E-state index in [1.807, 2.05) is 0 Å². The van der Waals surface area contributed by atoms with Crippen LogP contribution in [0.4, 0.5) is 0 Å². The summed E-state index contributed by atoms with van der Waals surface area (Å²) in [6, 6.07) is 0. The number of rotatable bonds is 6. The maximum Gasteiger partial charge on any atom is 0.0916 e. The topological polar surface area (TPSA) is 114 Å². The molecule has 0 radical (unpaired) electrons. The Balaban J connectivity index is -0.000000219. The third kappa shape index (κ3) is 132. The molecule has 0 aliphatic heterocycles. The van der Waals surface area contributed by atoms with E-state index >= 15 is 0 Å². The third-order valence-electron chi connectivity index (χ3n) is 1.71. The first-order chi connectivity index (χ1) is 8.41. The molecule has 0 aromatic rings. The molecule has 0 rings (SSSR count). The van der Waals surface area contributed by atoms with Gasteiger partial charge in [-0.3, -0.25) is 0 Å². The number of hydrogen-bond donors (Lipinski definition) is 0. The van der Waals surface area contributed by atoms with E-state index in [1.54, 1.807) is 0 Å². The Hall–Kier alpha value is -0.180. The van der Waals surface area contributed by atoms with Crippen LogP contribution in [0.5, 0.6) is 0 Å². The molecule has 0 amide bonds. The molecule has 0 bridgehead atoms. The summed E-state index contributed by atoms with van der Waals surface area (Å²) in [5.74, 6) is 0. The van der Waals surface area contributed by atoms with Gasteiger partial charge >= 0.3 is 0 Å². The molecule has 0 saturated carbocycles. The number of unbranched alkanes of at least 4 members (excludes halogenated alkanes) is 6. The summed E-state index contributed by atoms with van der Waals surface area (Å²) in [5, 5.41) is 0. The molecule has 0 N–H and O–H groups in total. The maximum atomic E-state index is 9.08. The van der Waals surface area contributed by atoms with E-state index in [-0.39, 0.29) is 0 Å². The second-order valence-electron chi connectivity index (χ2n) is 4.18. The van der Waals surface area contributed by atoms with Gasteiger partial charge in [-0.05, 0) is 0 Å². The summed E-state index contributed by atoms with van der Waals surface area (Å²) in [7, 11) is -7.83. The summed E-state index contributed by atoms with van der Waals surface area (Å²) in [4.78, 5) is 0. The number of hydrogen-bond acceptors (Lipinski definition) is 6. The Morgan fingerprint density at radius 2 is 0.789 bits per heavy atom. The van der Waals surface area contributed by atoms with Gasteiger partial charge in [0, 0.05) is 12.5 Å². The Morgan fingerprint density at radius 3 is 0.947 bits per heavy atom. The van der Waals surface area contributed by atoms with E-state index in [9.17, 15) is 0 Å². The Morgan fingerprint density at radius 1 is 0.632 bits per heavy atom. The molecule has 0 unspecified atom stereocenters. The summed E-state index contributed by atoms with van der Waals surface area (Å²) >= 11 is 0. The highest BCUT2D eigenvalue weighted by atomic mass is 32.2. The third-order valence-corrected chi connectivity index (χ3v) is 1.71. The maximum absolute atomic E-state index is 9.08.